The standard InChI is InChI=1S/C11H15N5/c1-7(2)13-9-6-10(14-8(3)4)16-11(12-5)15-9/h6H,5H2,1-4H3. The van der Waals surface area contributed by atoms with Crippen molar-refractivity contribution in [2.75, 3.05) is 0 Å². The molecule has 0 bridgehead atoms. The molecule has 5 nitrogen and oxygen atoms in total. The fourth-order valence-electron chi connectivity index (χ4n) is 1.05. The average molecular weight is 217 g/mol. The lowest BCUT2D eigenvalue weighted by atomic mass is 10.4. The molecule has 0 atom stereocenters. The molecule has 1 aromatic rings. The van der Waals surface area contributed by atoms with E-state index in [0.717, 1.165) is 11.4 Å². The van der Waals surface area contributed by atoms with Crippen LogP contribution < -0.4 is 0 Å². The van der Waals surface area contributed by atoms with Crippen LogP contribution in [0.4, 0.5) is 17.6 Å². The summed E-state index contributed by atoms with van der Waals surface area (Å²) in [7, 11) is 0. The van der Waals surface area contributed by atoms with Gasteiger partial charge in [-0.3, -0.25) is 0 Å². The molecule has 0 saturated heterocycles. The molecule has 0 unspecified atom stereocenters. The Labute approximate surface area is 95.1 Å². The maximum absolute atomic E-state index is 4.24. The number of aromatic nitrogens is 2. The van der Waals surface area contributed by atoms with Crippen LogP contribution in [0.25, 0.3) is 0 Å². The van der Waals surface area contributed by atoms with Crippen molar-refractivity contribution >= 4 is 35.7 Å². The topological polar surface area (TPSA) is 62.9 Å². The van der Waals surface area contributed by atoms with Gasteiger partial charge in [0, 0.05) is 17.5 Å². The Bertz CT molecular complexity index is 415. The summed E-state index contributed by atoms with van der Waals surface area (Å²) in [6.45, 7) is 11.0. The Morgan fingerprint density at radius 2 is 1.44 bits per heavy atom. The summed E-state index contributed by atoms with van der Waals surface area (Å²) in [5, 5.41) is 0. The highest BCUT2D eigenvalue weighted by molar-refractivity contribution is 5.83. The van der Waals surface area contributed by atoms with Crippen molar-refractivity contribution in [3.8, 4) is 0 Å². The van der Waals surface area contributed by atoms with E-state index in [-0.39, 0.29) is 0 Å². The van der Waals surface area contributed by atoms with Crippen molar-refractivity contribution in [1.29, 1.82) is 0 Å². The highest BCUT2D eigenvalue weighted by Crippen LogP contribution is 2.20. The first kappa shape index (κ1) is 12.2. The molecule has 0 spiro atoms. The lowest BCUT2D eigenvalue weighted by Gasteiger charge is -1.99. The molecule has 0 saturated carbocycles. The third-order valence-corrected chi connectivity index (χ3v) is 1.51. The zero-order valence-electron chi connectivity index (χ0n) is 10.0. The molecule has 0 aliphatic carbocycles. The zero-order chi connectivity index (χ0) is 12.1. The molecule has 0 aromatic carbocycles. The van der Waals surface area contributed by atoms with E-state index < -0.39 is 0 Å². The summed E-state index contributed by atoms with van der Waals surface area (Å²) in [6.07, 6.45) is 0. The van der Waals surface area contributed by atoms with Gasteiger partial charge in [0.15, 0.2) is 11.6 Å². The van der Waals surface area contributed by atoms with Gasteiger partial charge in [0.05, 0.1) is 0 Å². The third kappa shape index (κ3) is 3.68. The van der Waals surface area contributed by atoms with Crippen LogP contribution in [0.5, 0.6) is 0 Å². The quantitative estimate of drug-likeness (QED) is 0.730. The van der Waals surface area contributed by atoms with Gasteiger partial charge < -0.3 is 0 Å². The van der Waals surface area contributed by atoms with Gasteiger partial charge in [-0.2, -0.15) is 9.97 Å². The van der Waals surface area contributed by atoms with E-state index in [2.05, 4.69) is 31.7 Å². The van der Waals surface area contributed by atoms with Gasteiger partial charge in [-0.15, -0.1) is 0 Å². The fraction of sp³-hybridized carbons (Fsp3) is 0.364. The Morgan fingerprint density at radius 1 is 1.00 bits per heavy atom. The van der Waals surface area contributed by atoms with Crippen molar-refractivity contribution in [2.45, 2.75) is 27.7 Å². The zero-order valence-corrected chi connectivity index (χ0v) is 10.0. The predicted octanol–water partition coefficient (Wildman–Crippen LogP) is 3.03. The molecule has 0 N–H and O–H groups in total. The van der Waals surface area contributed by atoms with E-state index in [1.165, 1.54) is 0 Å². The maximum atomic E-state index is 4.24. The normalized spacial score (nSPS) is 9.50. The van der Waals surface area contributed by atoms with E-state index in [1.807, 2.05) is 27.7 Å². The largest absolute Gasteiger partial charge is 0.252 e. The van der Waals surface area contributed by atoms with Crippen molar-refractivity contribution < 1.29 is 0 Å². The van der Waals surface area contributed by atoms with E-state index in [1.54, 1.807) is 6.07 Å². The molecular weight excluding hydrogens is 202 g/mol. The van der Waals surface area contributed by atoms with Gasteiger partial charge in [0.25, 0.3) is 5.95 Å². The van der Waals surface area contributed by atoms with Gasteiger partial charge in [0.1, 0.15) is 0 Å². The Hall–Kier alpha value is -1.91. The molecule has 1 heterocycles. The van der Waals surface area contributed by atoms with E-state index in [9.17, 15) is 0 Å². The number of hydrogen-bond acceptors (Lipinski definition) is 5. The number of hydrogen-bond donors (Lipinski definition) is 0. The van der Waals surface area contributed by atoms with E-state index >= 15 is 0 Å². The molecule has 0 amide bonds. The Kier molecular flexibility index (Phi) is 3.99. The highest BCUT2D eigenvalue weighted by atomic mass is 15.1. The lowest BCUT2D eigenvalue weighted by molar-refractivity contribution is 1.12. The highest BCUT2D eigenvalue weighted by Gasteiger charge is 2.01. The number of nitrogens with zero attached hydrogens (tertiary/aromatic N) is 5. The van der Waals surface area contributed by atoms with Gasteiger partial charge in [-0.05, 0) is 34.4 Å². The Morgan fingerprint density at radius 3 is 1.75 bits per heavy atom. The lowest BCUT2D eigenvalue weighted by Crippen LogP contribution is -1.87. The van der Waals surface area contributed by atoms with E-state index in [0.29, 0.717) is 17.6 Å². The first-order valence-corrected chi connectivity index (χ1v) is 4.91. The molecule has 0 aliphatic heterocycles. The summed E-state index contributed by atoms with van der Waals surface area (Å²) in [5.74, 6) is 1.40. The molecule has 5 heteroatoms. The van der Waals surface area contributed by atoms with Gasteiger partial charge in [-0.25, -0.2) is 15.0 Å². The van der Waals surface area contributed by atoms with Crippen molar-refractivity contribution in [3.05, 3.63) is 6.07 Å². The van der Waals surface area contributed by atoms with Gasteiger partial charge in [0.2, 0.25) is 0 Å². The molecular formula is C11H15N5. The molecule has 0 aliphatic rings. The molecule has 84 valence electrons. The minimum atomic E-state index is 0.294. The minimum absolute atomic E-state index is 0.294. The molecule has 1 rings (SSSR count). The van der Waals surface area contributed by atoms with Crippen LogP contribution in [0.3, 0.4) is 0 Å². The van der Waals surface area contributed by atoms with Crippen LogP contribution in [-0.2, 0) is 0 Å². The summed E-state index contributed by atoms with van der Waals surface area (Å²) >= 11 is 0. The van der Waals surface area contributed by atoms with Crippen LogP contribution in [0.15, 0.2) is 21.0 Å². The van der Waals surface area contributed by atoms with Crippen molar-refractivity contribution in [3.63, 3.8) is 0 Å². The molecule has 16 heavy (non-hydrogen) atoms. The van der Waals surface area contributed by atoms with E-state index in [4.69, 9.17) is 0 Å². The fourth-order valence-corrected chi connectivity index (χ4v) is 1.05. The third-order valence-electron chi connectivity index (χ3n) is 1.51. The van der Waals surface area contributed by atoms with Gasteiger partial charge >= 0.3 is 0 Å². The number of rotatable bonds is 3. The monoisotopic (exact) mass is 217 g/mol. The summed E-state index contributed by atoms with van der Waals surface area (Å²) in [6, 6.07) is 1.72. The van der Waals surface area contributed by atoms with Crippen LogP contribution in [0.2, 0.25) is 0 Å². The van der Waals surface area contributed by atoms with Crippen LogP contribution >= 0.6 is 0 Å². The van der Waals surface area contributed by atoms with Gasteiger partial charge in [-0.1, -0.05) is 0 Å². The average Bonchev–Trinajstić information content (AvgIpc) is 2.14. The second-order valence-electron chi connectivity index (χ2n) is 3.66. The summed E-state index contributed by atoms with van der Waals surface area (Å²) in [5.41, 5.74) is 1.83. The molecule has 1 aromatic heterocycles. The van der Waals surface area contributed by atoms with Crippen molar-refractivity contribution in [1.82, 2.24) is 9.97 Å². The maximum Gasteiger partial charge on any atom is 0.252 e. The van der Waals surface area contributed by atoms with Crippen LogP contribution in [0, 0.1) is 0 Å². The first-order valence-electron chi connectivity index (χ1n) is 4.91. The minimum Gasteiger partial charge on any atom is -0.238 e. The van der Waals surface area contributed by atoms with Crippen molar-refractivity contribution in [2.24, 2.45) is 15.0 Å². The summed E-state index contributed by atoms with van der Waals surface area (Å²) in [4.78, 5) is 20.4. The Balaban J connectivity index is 3.26. The predicted molar refractivity (Wildman–Crippen MR) is 68.1 cm³/mol. The van der Waals surface area contributed by atoms with Crippen LogP contribution in [-0.4, -0.2) is 28.1 Å². The molecule has 0 fully saturated rings. The molecule has 0 radical (unpaired) electrons. The van der Waals surface area contributed by atoms with Crippen LogP contribution in [0.1, 0.15) is 27.7 Å². The number of aliphatic imine (C=N–C) groups is 3. The first-order chi connectivity index (χ1) is 7.51. The smallest absolute Gasteiger partial charge is 0.238 e. The second kappa shape index (κ2) is 5.25. The SMILES string of the molecule is C=Nc1nc(N=C(C)C)cc(N=C(C)C)n1. The second-order valence-corrected chi connectivity index (χ2v) is 3.66. The summed E-state index contributed by atoms with van der Waals surface area (Å²) < 4.78 is 0.